The van der Waals surface area contributed by atoms with Crippen molar-refractivity contribution >= 4 is 38.9 Å². The van der Waals surface area contributed by atoms with Crippen LogP contribution in [0.25, 0.3) is 0 Å². The quantitative estimate of drug-likeness (QED) is 0.303. The summed E-state index contributed by atoms with van der Waals surface area (Å²) < 4.78 is 7.25. The molecule has 0 aliphatic carbocycles. The standard InChI is InChI=1S/C23H17BrClN3O3/c1-13-2-4-14(5-3-13)19-12-20-17-11-16(24)7-9-22(17)31-23(27(20)26-19)15-6-8-18(25)21(10-15)28(29)30/h2-11,20,23H,12H2,1H3/t20-,23-/m0/s1. The summed E-state index contributed by atoms with van der Waals surface area (Å²) in [6, 6.07) is 18.9. The van der Waals surface area contributed by atoms with Crippen LogP contribution in [-0.4, -0.2) is 15.6 Å². The van der Waals surface area contributed by atoms with Crippen molar-refractivity contribution in [3.8, 4) is 5.75 Å². The number of rotatable bonds is 3. The summed E-state index contributed by atoms with van der Waals surface area (Å²) in [6.45, 7) is 2.05. The maximum atomic E-state index is 11.4. The molecule has 0 N–H and O–H groups in total. The molecule has 2 aliphatic heterocycles. The normalized spacial score (nSPS) is 19.3. The fourth-order valence-corrected chi connectivity index (χ4v) is 4.59. The predicted octanol–water partition coefficient (Wildman–Crippen LogP) is 6.56. The average Bonchev–Trinajstić information content (AvgIpc) is 3.20. The smallest absolute Gasteiger partial charge is 0.288 e. The zero-order chi connectivity index (χ0) is 21.7. The second kappa shape index (κ2) is 7.66. The van der Waals surface area contributed by atoms with E-state index in [1.54, 1.807) is 6.07 Å². The van der Waals surface area contributed by atoms with E-state index in [0.717, 1.165) is 27.1 Å². The topological polar surface area (TPSA) is 68.0 Å². The number of hydrogen-bond acceptors (Lipinski definition) is 5. The molecule has 31 heavy (non-hydrogen) atoms. The summed E-state index contributed by atoms with van der Waals surface area (Å²) in [7, 11) is 0. The number of nitro benzene ring substituents is 1. The number of hydrogen-bond donors (Lipinski definition) is 0. The number of fused-ring (bicyclic) bond motifs is 3. The number of hydrazone groups is 1. The molecule has 2 atom stereocenters. The molecule has 0 amide bonds. The maximum Gasteiger partial charge on any atom is 0.288 e. The Kier molecular flexibility index (Phi) is 4.95. The van der Waals surface area contributed by atoms with E-state index in [0.29, 0.717) is 12.0 Å². The SMILES string of the molecule is Cc1ccc(C2=NN3[C@@H](C2)c2cc(Br)ccc2O[C@H]3c2ccc(Cl)c([N+](=O)[O-])c2)cc1. The molecule has 6 nitrogen and oxygen atoms in total. The highest BCUT2D eigenvalue weighted by Crippen LogP contribution is 2.48. The highest BCUT2D eigenvalue weighted by Gasteiger charge is 2.41. The van der Waals surface area contributed by atoms with Crippen molar-refractivity contribution in [1.29, 1.82) is 0 Å². The van der Waals surface area contributed by atoms with Gasteiger partial charge >= 0.3 is 0 Å². The van der Waals surface area contributed by atoms with Gasteiger partial charge in [0.2, 0.25) is 6.23 Å². The first-order valence-corrected chi connectivity index (χ1v) is 10.9. The fourth-order valence-electron chi connectivity index (χ4n) is 4.02. The summed E-state index contributed by atoms with van der Waals surface area (Å²) in [6.07, 6.45) is 0.111. The fraction of sp³-hybridized carbons (Fsp3) is 0.174. The molecule has 5 rings (SSSR count). The van der Waals surface area contributed by atoms with Gasteiger partial charge < -0.3 is 4.74 Å². The lowest BCUT2D eigenvalue weighted by atomic mass is 9.95. The third kappa shape index (κ3) is 3.58. The number of nitro groups is 1. The van der Waals surface area contributed by atoms with Gasteiger partial charge in [0.05, 0.1) is 16.7 Å². The molecule has 0 radical (unpaired) electrons. The highest BCUT2D eigenvalue weighted by atomic mass is 79.9. The van der Waals surface area contributed by atoms with Gasteiger partial charge in [0.15, 0.2) is 0 Å². The van der Waals surface area contributed by atoms with Crippen molar-refractivity contribution in [2.24, 2.45) is 5.10 Å². The van der Waals surface area contributed by atoms with Crippen molar-refractivity contribution < 1.29 is 9.66 Å². The van der Waals surface area contributed by atoms with Crippen molar-refractivity contribution in [1.82, 2.24) is 5.01 Å². The molecular weight excluding hydrogens is 482 g/mol. The first kappa shape index (κ1) is 20.0. The lowest BCUT2D eigenvalue weighted by Gasteiger charge is -2.38. The second-order valence-corrected chi connectivity index (χ2v) is 8.96. The van der Waals surface area contributed by atoms with Crippen molar-refractivity contribution in [3.63, 3.8) is 0 Å². The van der Waals surface area contributed by atoms with Gasteiger partial charge in [-0.3, -0.25) is 10.1 Å². The van der Waals surface area contributed by atoms with Crippen LogP contribution in [0.4, 0.5) is 5.69 Å². The van der Waals surface area contributed by atoms with E-state index in [4.69, 9.17) is 21.4 Å². The van der Waals surface area contributed by atoms with Crippen LogP contribution in [0, 0.1) is 17.0 Å². The van der Waals surface area contributed by atoms with E-state index >= 15 is 0 Å². The predicted molar refractivity (Wildman–Crippen MR) is 123 cm³/mol. The molecule has 3 aromatic rings. The minimum atomic E-state index is -0.599. The third-order valence-electron chi connectivity index (χ3n) is 5.59. The number of nitrogens with zero attached hydrogens (tertiary/aromatic N) is 3. The number of ether oxygens (including phenoxy) is 1. The third-order valence-corrected chi connectivity index (χ3v) is 6.40. The van der Waals surface area contributed by atoms with Crippen LogP contribution in [0.15, 0.2) is 70.2 Å². The summed E-state index contributed by atoms with van der Waals surface area (Å²) in [5.74, 6) is 0.743. The molecule has 0 saturated heterocycles. The van der Waals surface area contributed by atoms with Crippen LogP contribution in [-0.2, 0) is 0 Å². The van der Waals surface area contributed by atoms with Crippen LogP contribution in [0.2, 0.25) is 5.02 Å². The molecule has 2 heterocycles. The molecule has 0 unspecified atom stereocenters. The van der Waals surface area contributed by atoms with Gasteiger partial charge in [-0.2, -0.15) is 5.10 Å². The van der Waals surface area contributed by atoms with Crippen LogP contribution in [0.5, 0.6) is 5.75 Å². The summed E-state index contributed by atoms with van der Waals surface area (Å²) in [4.78, 5) is 10.9. The Morgan fingerprint density at radius 3 is 2.68 bits per heavy atom. The lowest BCUT2D eigenvalue weighted by Crippen LogP contribution is -2.33. The molecule has 0 aromatic heterocycles. The van der Waals surface area contributed by atoms with Crippen LogP contribution < -0.4 is 4.74 Å². The molecule has 2 aliphatic rings. The lowest BCUT2D eigenvalue weighted by molar-refractivity contribution is -0.384. The van der Waals surface area contributed by atoms with Gasteiger partial charge in [-0.1, -0.05) is 63.4 Å². The van der Waals surface area contributed by atoms with E-state index < -0.39 is 11.2 Å². The van der Waals surface area contributed by atoms with Crippen molar-refractivity contribution in [2.75, 3.05) is 0 Å². The Morgan fingerprint density at radius 1 is 1.16 bits per heavy atom. The number of halogens is 2. The molecule has 0 saturated carbocycles. The van der Waals surface area contributed by atoms with Gasteiger partial charge in [-0.05, 0) is 36.8 Å². The van der Waals surface area contributed by atoms with Crippen LogP contribution >= 0.6 is 27.5 Å². The molecule has 0 spiro atoms. The first-order chi connectivity index (χ1) is 14.9. The first-order valence-electron chi connectivity index (χ1n) is 9.73. The van der Waals surface area contributed by atoms with E-state index in [1.165, 1.54) is 17.7 Å². The van der Waals surface area contributed by atoms with E-state index in [1.807, 2.05) is 23.2 Å². The average molecular weight is 499 g/mol. The van der Waals surface area contributed by atoms with E-state index in [9.17, 15) is 10.1 Å². The maximum absolute atomic E-state index is 11.4. The van der Waals surface area contributed by atoms with Crippen LogP contribution in [0.3, 0.4) is 0 Å². The largest absolute Gasteiger partial charge is 0.464 e. The molecule has 0 bridgehead atoms. The van der Waals surface area contributed by atoms with Gasteiger partial charge in [0, 0.05) is 28.1 Å². The monoisotopic (exact) mass is 497 g/mol. The van der Waals surface area contributed by atoms with Gasteiger partial charge in [0.1, 0.15) is 10.8 Å². The second-order valence-electron chi connectivity index (χ2n) is 7.63. The number of benzene rings is 3. The van der Waals surface area contributed by atoms with Crippen LogP contribution in [0.1, 0.15) is 40.9 Å². The molecule has 8 heteroatoms. The molecule has 156 valence electrons. The van der Waals surface area contributed by atoms with Gasteiger partial charge in [0.25, 0.3) is 5.69 Å². The van der Waals surface area contributed by atoms with Crippen molar-refractivity contribution in [2.45, 2.75) is 25.6 Å². The Balaban J connectivity index is 1.61. The summed E-state index contributed by atoms with van der Waals surface area (Å²) in [5, 5.41) is 18.3. The Morgan fingerprint density at radius 2 is 1.94 bits per heavy atom. The van der Waals surface area contributed by atoms with Gasteiger partial charge in [-0.25, -0.2) is 5.01 Å². The molecular formula is C23H17BrClN3O3. The molecule has 3 aromatic carbocycles. The van der Waals surface area contributed by atoms with Gasteiger partial charge in [-0.15, -0.1) is 0 Å². The summed E-state index contributed by atoms with van der Waals surface area (Å²) >= 11 is 9.57. The van der Waals surface area contributed by atoms with E-state index in [-0.39, 0.29) is 16.8 Å². The molecule has 0 fully saturated rings. The summed E-state index contributed by atoms with van der Waals surface area (Å²) in [5.41, 5.74) is 4.70. The minimum absolute atomic E-state index is 0.0442. The Labute approximate surface area is 192 Å². The highest BCUT2D eigenvalue weighted by molar-refractivity contribution is 9.10. The zero-order valence-electron chi connectivity index (χ0n) is 16.5. The minimum Gasteiger partial charge on any atom is -0.464 e. The Hall–Kier alpha value is -2.90. The Bertz CT molecular complexity index is 1230. The zero-order valence-corrected chi connectivity index (χ0v) is 18.8. The number of aryl methyl sites for hydroxylation is 1. The van der Waals surface area contributed by atoms with E-state index in [2.05, 4.69) is 47.1 Å². The van der Waals surface area contributed by atoms with Crippen molar-refractivity contribution in [3.05, 3.63) is 103 Å².